The maximum absolute atomic E-state index is 13.1. The van der Waals surface area contributed by atoms with E-state index in [9.17, 15) is 4.79 Å². The van der Waals surface area contributed by atoms with Crippen molar-refractivity contribution in [3.63, 3.8) is 0 Å². The first kappa shape index (κ1) is 18.1. The first-order valence-electron chi connectivity index (χ1n) is 8.36. The Morgan fingerprint density at radius 2 is 1.88 bits per heavy atom. The monoisotopic (exact) mass is 376 g/mol. The summed E-state index contributed by atoms with van der Waals surface area (Å²) in [5.74, 6) is 0.402. The molecule has 1 atom stereocenters. The van der Waals surface area contributed by atoms with Gasteiger partial charge in [0.25, 0.3) is 0 Å². The molecular formula is C20H22Cl2N2O. The molecule has 3 nitrogen and oxygen atoms in total. The lowest BCUT2D eigenvalue weighted by molar-refractivity contribution is 0.247. The van der Waals surface area contributed by atoms with Crippen molar-refractivity contribution >= 4 is 40.6 Å². The van der Waals surface area contributed by atoms with Crippen LogP contribution in [0.4, 0.5) is 16.2 Å². The molecule has 2 aromatic carbocycles. The molecule has 0 saturated carbocycles. The van der Waals surface area contributed by atoms with Gasteiger partial charge in [-0.3, -0.25) is 4.90 Å². The molecule has 0 aromatic heterocycles. The molecule has 0 radical (unpaired) electrons. The van der Waals surface area contributed by atoms with Crippen molar-refractivity contribution in [3.05, 3.63) is 57.6 Å². The fraction of sp³-hybridized carbons (Fsp3) is 0.350. The number of anilines is 2. The van der Waals surface area contributed by atoms with E-state index in [1.54, 1.807) is 18.2 Å². The van der Waals surface area contributed by atoms with Crippen molar-refractivity contribution in [1.29, 1.82) is 0 Å². The molecule has 0 aliphatic carbocycles. The highest BCUT2D eigenvalue weighted by atomic mass is 35.5. The lowest BCUT2D eigenvalue weighted by Crippen LogP contribution is -2.53. The standard InChI is InChI=1S/C20H22Cl2N2O/c1-12-5-8-18-15(9-12)13(2)11-20(3,4)24(18)19(25)23-14-6-7-16(21)17(22)10-14/h5-10,13H,11H2,1-4H3,(H,23,25). The SMILES string of the molecule is Cc1ccc2c(c1)C(C)CC(C)(C)N2C(=O)Nc1ccc(Cl)c(Cl)c1. The highest BCUT2D eigenvalue weighted by Crippen LogP contribution is 2.44. The van der Waals surface area contributed by atoms with E-state index in [0.717, 1.165) is 12.1 Å². The van der Waals surface area contributed by atoms with Crippen LogP contribution in [0.15, 0.2) is 36.4 Å². The molecule has 2 amide bonds. The molecule has 1 N–H and O–H groups in total. The fourth-order valence-electron chi connectivity index (χ4n) is 3.69. The third kappa shape index (κ3) is 3.49. The number of hydrogen-bond acceptors (Lipinski definition) is 1. The molecule has 2 aromatic rings. The minimum atomic E-state index is -0.290. The summed E-state index contributed by atoms with van der Waals surface area (Å²) in [6.07, 6.45) is 0.901. The van der Waals surface area contributed by atoms with Crippen molar-refractivity contribution in [3.8, 4) is 0 Å². The van der Waals surface area contributed by atoms with Gasteiger partial charge in [-0.2, -0.15) is 0 Å². The van der Waals surface area contributed by atoms with Gasteiger partial charge in [0.15, 0.2) is 0 Å². The summed E-state index contributed by atoms with van der Waals surface area (Å²) in [7, 11) is 0. The number of carbonyl (C=O) groups excluding carboxylic acids is 1. The number of rotatable bonds is 1. The number of nitrogens with one attached hydrogen (secondary N) is 1. The molecule has 0 fully saturated rings. The molecular weight excluding hydrogens is 355 g/mol. The van der Waals surface area contributed by atoms with Crippen LogP contribution < -0.4 is 10.2 Å². The van der Waals surface area contributed by atoms with Crippen LogP contribution in [0.5, 0.6) is 0 Å². The summed E-state index contributed by atoms with van der Waals surface area (Å²) in [6.45, 7) is 8.49. The van der Waals surface area contributed by atoms with E-state index in [1.165, 1.54) is 11.1 Å². The van der Waals surface area contributed by atoms with Crippen molar-refractivity contribution in [2.24, 2.45) is 0 Å². The Labute approximate surface area is 158 Å². The molecule has 25 heavy (non-hydrogen) atoms. The number of urea groups is 1. The largest absolute Gasteiger partial charge is 0.326 e. The minimum absolute atomic E-state index is 0.166. The maximum Gasteiger partial charge on any atom is 0.326 e. The second-order valence-corrected chi connectivity index (χ2v) is 8.19. The van der Waals surface area contributed by atoms with Crippen molar-refractivity contribution in [2.45, 2.75) is 45.6 Å². The number of carbonyl (C=O) groups is 1. The van der Waals surface area contributed by atoms with Crippen molar-refractivity contribution < 1.29 is 4.79 Å². The van der Waals surface area contributed by atoms with Gasteiger partial charge in [-0.15, -0.1) is 0 Å². The lowest BCUT2D eigenvalue weighted by Gasteiger charge is -2.45. The molecule has 1 aliphatic rings. The average molecular weight is 377 g/mol. The van der Waals surface area contributed by atoms with Crippen molar-refractivity contribution in [1.82, 2.24) is 0 Å². The summed E-state index contributed by atoms with van der Waals surface area (Å²) in [4.78, 5) is 14.9. The van der Waals surface area contributed by atoms with E-state index in [-0.39, 0.29) is 11.6 Å². The Kier molecular flexibility index (Phi) is 4.74. The smallest absolute Gasteiger partial charge is 0.307 e. The van der Waals surface area contributed by atoms with Gasteiger partial charge >= 0.3 is 6.03 Å². The molecule has 132 valence electrons. The van der Waals surface area contributed by atoms with Crippen LogP contribution in [-0.2, 0) is 0 Å². The molecule has 5 heteroatoms. The lowest BCUT2D eigenvalue weighted by atomic mass is 9.80. The number of nitrogens with zero attached hydrogens (tertiary/aromatic N) is 1. The Morgan fingerprint density at radius 3 is 2.56 bits per heavy atom. The van der Waals surface area contributed by atoms with E-state index in [4.69, 9.17) is 23.2 Å². The van der Waals surface area contributed by atoms with Gasteiger partial charge in [0, 0.05) is 16.9 Å². The summed E-state index contributed by atoms with van der Waals surface area (Å²) < 4.78 is 0. The van der Waals surface area contributed by atoms with E-state index < -0.39 is 0 Å². The number of amides is 2. The first-order chi connectivity index (χ1) is 11.7. The van der Waals surface area contributed by atoms with E-state index >= 15 is 0 Å². The molecule has 1 unspecified atom stereocenters. The van der Waals surface area contributed by atoms with Crippen LogP contribution in [0, 0.1) is 6.92 Å². The van der Waals surface area contributed by atoms with Crippen LogP contribution in [0.25, 0.3) is 0 Å². The topological polar surface area (TPSA) is 32.3 Å². The predicted molar refractivity (Wildman–Crippen MR) is 106 cm³/mol. The molecule has 3 rings (SSSR count). The quantitative estimate of drug-likeness (QED) is 0.595. The van der Waals surface area contributed by atoms with Gasteiger partial charge in [0.1, 0.15) is 0 Å². The summed E-state index contributed by atoms with van der Waals surface area (Å²) in [5.41, 5.74) is 3.72. The summed E-state index contributed by atoms with van der Waals surface area (Å²) in [5, 5.41) is 3.83. The summed E-state index contributed by atoms with van der Waals surface area (Å²) >= 11 is 12.0. The van der Waals surface area contributed by atoms with E-state index in [0.29, 0.717) is 21.7 Å². The normalized spacial score (nSPS) is 18.6. The minimum Gasteiger partial charge on any atom is -0.307 e. The van der Waals surface area contributed by atoms with Crippen LogP contribution in [-0.4, -0.2) is 11.6 Å². The zero-order chi connectivity index (χ0) is 18.4. The zero-order valence-corrected chi connectivity index (χ0v) is 16.4. The number of halogens is 2. The summed E-state index contributed by atoms with van der Waals surface area (Å²) in [6, 6.07) is 11.2. The van der Waals surface area contributed by atoms with Gasteiger partial charge in [0.05, 0.1) is 10.0 Å². The second-order valence-electron chi connectivity index (χ2n) is 7.37. The van der Waals surface area contributed by atoms with Gasteiger partial charge in [-0.25, -0.2) is 4.79 Å². The number of aryl methyl sites for hydroxylation is 1. The Morgan fingerprint density at radius 1 is 1.16 bits per heavy atom. The highest BCUT2D eigenvalue weighted by Gasteiger charge is 2.40. The van der Waals surface area contributed by atoms with Gasteiger partial charge < -0.3 is 5.32 Å². The molecule has 1 heterocycles. The maximum atomic E-state index is 13.1. The van der Waals surface area contributed by atoms with Crippen LogP contribution in [0.1, 0.15) is 44.2 Å². The van der Waals surface area contributed by atoms with Crippen molar-refractivity contribution in [2.75, 3.05) is 10.2 Å². The van der Waals surface area contributed by atoms with Crippen LogP contribution in [0.3, 0.4) is 0 Å². The molecule has 0 spiro atoms. The molecule has 1 aliphatic heterocycles. The fourth-order valence-corrected chi connectivity index (χ4v) is 3.98. The molecule has 0 saturated heterocycles. The second kappa shape index (κ2) is 6.54. The average Bonchev–Trinajstić information content (AvgIpc) is 2.51. The number of benzene rings is 2. The Bertz CT molecular complexity index is 832. The van der Waals surface area contributed by atoms with Gasteiger partial charge in [-0.05, 0) is 62.9 Å². The first-order valence-corrected chi connectivity index (χ1v) is 9.11. The number of fused-ring (bicyclic) bond motifs is 1. The third-order valence-corrected chi connectivity index (χ3v) is 5.48. The van der Waals surface area contributed by atoms with Crippen LogP contribution in [0.2, 0.25) is 10.0 Å². The third-order valence-electron chi connectivity index (χ3n) is 4.74. The zero-order valence-electron chi connectivity index (χ0n) is 14.9. The predicted octanol–water partition coefficient (Wildman–Crippen LogP) is 6.63. The highest BCUT2D eigenvalue weighted by molar-refractivity contribution is 6.42. The Hall–Kier alpha value is -1.71. The van der Waals surface area contributed by atoms with Gasteiger partial charge in [-0.1, -0.05) is 47.8 Å². The molecule has 0 bridgehead atoms. The Balaban J connectivity index is 1.97. The van der Waals surface area contributed by atoms with Crippen LogP contribution >= 0.6 is 23.2 Å². The van der Waals surface area contributed by atoms with E-state index in [2.05, 4.69) is 39.1 Å². The van der Waals surface area contributed by atoms with Gasteiger partial charge in [0.2, 0.25) is 0 Å². The number of hydrogen-bond donors (Lipinski definition) is 1. The van der Waals surface area contributed by atoms with E-state index in [1.807, 2.05) is 17.0 Å².